The molecule has 5 nitrogen and oxygen atoms in total. The fourth-order valence-corrected chi connectivity index (χ4v) is 11.5. The number of nitrogens with zero attached hydrogens (tertiary/aromatic N) is 3. The minimum Gasteiger partial charge on any atom is -0.458 e. The summed E-state index contributed by atoms with van der Waals surface area (Å²) in [5.74, 6) is 2.24. The number of hydrogen-bond acceptors (Lipinski definition) is 8. The molecule has 8 heterocycles. The van der Waals surface area contributed by atoms with E-state index in [1.54, 1.807) is 0 Å². The second-order valence-electron chi connectivity index (χ2n) is 13.6. The molecule has 0 radical (unpaired) electrons. The standard InChI is InChI=1S/C43H27B2N3O2S3/c1-3-9-24(10-4-1)47-30-13-7-16-34-39(30)45(41-32(47)18-20-51-41)29-23-37-26(21-35(29)49-34)27-22-36-40(46-42(27)53-37)44-28-17-19-52-43(28)48(25-11-5-2-6-12-25)31-14-8-15-33(50-36)38(31)44/h1-16,21-23H,17-20H2/i17D2,18D2,19D2,20D2. The Hall–Kier alpha value is -5.02. The highest BCUT2D eigenvalue weighted by Crippen LogP contribution is 2.50. The maximum atomic E-state index is 9.35. The number of rotatable bonds is 2. The Morgan fingerprint density at radius 2 is 1.32 bits per heavy atom. The first kappa shape index (κ1) is 22.9. The van der Waals surface area contributed by atoms with E-state index in [1.807, 2.05) is 119 Å². The van der Waals surface area contributed by atoms with Crippen molar-refractivity contribution >= 4 is 113 Å². The lowest BCUT2D eigenvalue weighted by atomic mass is 9.35. The van der Waals surface area contributed by atoms with Crippen molar-refractivity contribution in [1.82, 2.24) is 4.98 Å². The molecule has 5 aromatic carbocycles. The van der Waals surface area contributed by atoms with Crippen molar-refractivity contribution in [1.29, 1.82) is 0 Å². The number of benzene rings is 5. The lowest BCUT2D eigenvalue weighted by Crippen LogP contribution is -2.53. The topological polar surface area (TPSA) is 37.8 Å². The maximum absolute atomic E-state index is 9.35. The molecule has 0 unspecified atom stereocenters. The Balaban J connectivity index is 1.01. The lowest BCUT2D eigenvalue weighted by molar-refractivity contribution is 0.486. The lowest BCUT2D eigenvalue weighted by Gasteiger charge is -2.39. The van der Waals surface area contributed by atoms with Gasteiger partial charge in [0, 0.05) is 66.3 Å². The van der Waals surface area contributed by atoms with Crippen molar-refractivity contribution in [3.63, 3.8) is 0 Å². The average Bonchev–Trinajstić information content (AvgIpc) is 3.75. The fourth-order valence-electron chi connectivity index (χ4n) is 8.74. The molecule has 0 N–H and O–H groups in total. The Bertz CT molecular complexity index is 3220. The predicted octanol–water partition coefficient (Wildman–Crippen LogP) is 8.96. The number of ether oxygens (including phenoxy) is 2. The van der Waals surface area contributed by atoms with Crippen LogP contribution in [-0.4, -0.2) is 29.8 Å². The number of anilines is 4. The minimum absolute atomic E-state index is 0.291. The second kappa shape index (κ2) is 10.8. The Morgan fingerprint density at radius 1 is 0.642 bits per heavy atom. The van der Waals surface area contributed by atoms with Gasteiger partial charge in [-0.2, -0.15) is 0 Å². The van der Waals surface area contributed by atoms with Gasteiger partial charge in [-0.15, -0.1) is 34.9 Å². The number of aromatic nitrogens is 1. The zero-order valence-electron chi connectivity index (χ0n) is 35.5. The molecule has 13 rings (SSSR count). The molecule has 0 atom stereocenters. The molecule has 6 aliphatic heterocycles. The van der Waals surface area contributed by atoms with Crippen LogP contribution >= 0.6 is 34.9 Å². The van der Waals surface area contributed by atoms with Crippen LogP contribution in [0.4, 0.5) is 22.7 Å². The zero-order chi connectivity index (χ0) is 41.5. The molecule has 2 aromatic heterocycles. The van der Waals surface area contributed by atoms with E-state index in [-0.39, 0.29) is 0 Å². The number of allylic oxidation sites excluding steroid dienone is 2. The van der Waals surface area contributed by atoms with Gasteiger partial charge in [-0.1, -0.05) is 54.0 Å². The average molecular weight is 744 g/mol. The molecular formula is C43H27B2N3O2S3. The molecule has 0 bridgehead atoms. The Morgan fingerprint density at radius 3 is 2.11 bits per heavy atom. The number of fused-ring (bicyclic) bond motifs is 9. The minimum atomic E-state index is -2.35. The third kappa shape index (κ3) is 3.96. The van der Waals surface area contributed by atoms with Crippen LogP contribution in [0.15, 0.2) is 136 Å². The van der Waals surface area contributed by atoms with E-state index in [0.717, 1.165) is 78.1 Å². The van der Waals surface area contributed by atoms with Crippen LogP contribution in [0.2, 0.25) is 0 Å². The van der Waals surface area contributed by atoms with Crippen LogP contribution < -0.4 is 41.3 Å². The molecule has 53 heavy (non-hydrogen) atoms. The number of para-hydroxylation sites is 2. The summed E-state index contributed by atoms with van der Waals surface area (Å²) in [6, 6.07) is 36.7. The SMILES string of the molecule is [2H]C1([2H])SC2=C(B3c4nc5sc6cc7c(cc6c5cc4Oc4cccc(c43)N2c2ccccc2)Oc2cccc3c2B7C2=C(N3c3ccccc3)C([2H])([2H])C([2H])([2H])S2)C1([2H])[2H]. The van der Waals surface area contributed by atoms with Crippen molar-refractivity contribution < 1.29 is 20.4 Å². The highest BCUT2D eigenvalue weighted by Gasteiger charge is 2.47. The van der Waals surface area contributed by atoms with Gasteiger partial charge in [0.2, 0.25) is 0 Å². The largest absolute Gasteiger partial charge is 0.458 e. The van der Waals surface area contributed by atoms with Gasteiger partial charge in [0.05, 0.1) is 10.6 Å². The smallest absolute Gasteiger partial charge is 0.276 e. The first-order valence-corrected chi connectivity index (χ1v) is 19.8. The number of pyridine rings is 1. The zero-order valence-corrected chi connectivity index (χ0v) is 30.0. The summed E-state index contributed by atoms with van der Waals surface area (Å²) < 4.78 is 87.5. The summed E-state index contributed by atoms with van der Waals surface area (Å²) in [4.78, 5) is 10.4. The summed E-state index contributed by atoms with van der Waals surface area (Å²) in [6.07, 6.45) is -4.67. The quantitative estimate of drug-likeness (QED) is 0.164. The van der Waals surface area contributed by atoms with E-state index >= 15 is 0 Å². The van der Waals surface area contributed by atoms with Crippen LogP contribution in [0.5, 0.6) is 23.0 Å². The van der Waals surface area contributed by atoms with E-state index in [2.05, 4.69) is 6.07 Å². The third-order valence-corrected chi connectivity index (χ3v) is 13.6. The number of thiophene rings is 1. The fraction of sp³-hybridized carbons (Fsp3) is 0.0930. The van der Waals surface area contributed by atoms with E-state index < -0.39 is 37.6 Å². The van der Waals surface area contributed by atoms with E-state index in [9.17, 15) is 5.48 Å². The summed E-state index contributed by atoms with van der Waals surface area (Å²) >= 11 is 3.33. The highest BCUT2D eigenvalue weighted by atomic mass is 32.2. The summed E-state index contributed by atoms with van der Waals surface area (Å²) in [7, 11) is 0. The Kier molecular flexibility index (Phi) is 4.66. The monoisotopic (exact) mass is 743 g/mol. The van der Waals surface area contributed by atoms with Gasteiger partial charge in [-0.05, 0) is 101 Å². The second-order valence-corrected chi connectivity index (χ2v) is 16.3. The van der Waals surface area contributed by atoms with Crippen molar-refractivity contribution in [3.05, 3.63) is 136 Å². The molecule has 7 aromatic rings. The number of hydrogen-bond donors (Lipinski definition) is 0. The van der Waals surface area contributed by atoms with Gasteiger partial charge in [0.1, 0.15) is 27.8 Å². The van der Waals surface area contributed by atoms with Crippen LogP contribution in [0.1, 0.15) is 23.7 Å². The molecule has 0 saturated carbocycles. The van der Waals surface area contributed by atoms with Crippen LogP contribution in [-0.2, 0) is 0 Å². The van der Waals surface area contributed by atoms with Crippen molar-refractivity contribution in [2.75, 3.05) is 21.2 Å². The normalized spacial score (nSPS) is 23.4. The molecule has 0 amide bonds. The van der Waals surface area contributed by atoms with E-state index in [4.69, 9.17) is 19.9 Å². The predicted molar refractivity (Wildman–Crippen MR) is 226 cm³/mol. The summed E-state index contributed by atoms with van der Waals surface area (Å²) in [6.45, 7) is -1.21. The van der Waals surface area contributed by atoms with Crippen LogP contribution in [0.3, 0.4) is 0 Å². The first-order valence-electron chi connectivity index (χ1n) is 21.4. The van der Waals surface area contributed by atoms with Crippen LogP contribution in [0.25, 0.3) is 20.3 Å². The third-order valence-electron chi connectivity index (χ3n) is 10.9. The molecule has 6 aliphatic rings. The maximum Gasteiger partial charge on any atom is 0.276 e. The highest BCUT2D eigenvalue weighted by molar-refractivity contribution is 8.05. The Labute approximate surface area is 330 Å². The van der Waals surface area contributed by atoms with Gasteiger partial charge < -0.3 is 19.3 Å². The molecule has 0 aliphatic carbocycles. The van der Waals surface area contributed by atoms with Gasteiger partial charge in [0.15, 0.2) is 0 Å². The van der Waals surface area contributed by atoms with Gasteiger partial charge in [-0.3, -0.25) is 0 Å². The molecular weight excluding hydrogens is 708 g/mol. The van der Waals surface area contributed by atoms with Gasteiger partial charge >= 0.3 is 0 Å². The van der Waals surface area contributed by atoms with E-state index in [0.29, 0.717) is 54.4 Å². The van der Waals surface area contributed by atoms with Crippen molar-refractivity contribution in [2.24, 2.45) is 0 Å². The first-order chi connectivity index (χ1) is 29.2. The number of thioether (sulfide) groups is 2. The van der Waals surface area contributed by atoms with E-state index in [1.165, 1.54) is 11.3 Å². The van der Waals surface area contributed by atoms with Gasteiger partial charge in [0.25, 0.3) is 13.4 Å². The van der Waals surface area contributed by atoms with Crippen molar-refractivity contribution in [2.45, 2.75) is 12.7 Å². The van der Waals surface area contributed by atoms with Crippen LogP contribution in [0, 0.1) is 0 Å². The van der Waals surface area contributed by atoms with Gasteiger partial charge in [-0.25, -0.2) is 4.98 Å². The molecule has 0 fully saturated rings. The summed E-state index contributed by atoms with van der Waals surface area (Å²) in [5, 5.41) is 2.21. The van der Waals surface area contributed by atoms with Crippen molar-refractivity contribution in [3.8, 4) is 23.0 Å². The molecule has 0 spiro atoms. The molecule has 10 heteroatoms. The summed E-state index contributed by atoms with van der Waals surface area (Å²) in [5.41, 5.74) is 2.08. The molecule has 0 saturated heterocycles. The molecule has 250 valence electrons.